The number of nitrogens with zero attached hydrogens (tertiary/aromatic N) is 1. The largest absolute Gasteiger partial charge is 0.324 e. The number of rotatable bonds is 4. The fourth-order valence-corrected chi connectivity index (χ4v) is 2.65. The van der Waals surface area contributed by atoms with Crippen molar-refractivity contribution < 1.29 is 4.79 Å². The number of benzene rings is 1. The Morgan fingerprint density at radius 2 is 2.26 bits per heavy atom. The Hall–Kier alpha value is -0.370. The van der Waals surface area contributed by atoms with Gasteiger partial charge in [0.15, 0.2) is 0 Å². The van der Waals surface area contributed by atoms with E-state index in [-0.39, 0.29) is 18.3 Å². The number of amides is 1. The highest BCUT2D eigenvalue weighted by molar-refractivity contribution is 14.1. The molecule has 1 aliphatic rings. The first kappa shape index (κ1) is 16.7. The molecule has 2 N–H and O–H groups in total. The Bertz CT molecular complexity index is 424. The maximum absolute atomic E-state index is 12.0. The first-order valence-corrected chi connectivity index (χ1v) is 7.20. The molecule has 1 atom stereocenters. The van der Waals surface area contributed by atoms with Crippen LogP contribution in [0.2, 0.25) is 0 Å². The lowest BCUT2D eigenvalue weighted by atomic mass is 10.2. The summed E-state index contributed by atoms with van der Waals surface area (Å²) in [5.41, 5.74) is 0.890. The Balaban J connectivity index is 0.00000180. The van der Waals surface area contributed by atoms with Gasteiger partial charge < -0.3 is 10.6 Å². The molecule has 4 nitrogen and oxygen atoms in total. The SMILES string of the molecule is CN(CC(=O)Nc1ccccc1I)C1CCNC1.Cl. The van der Waals surface area contributed by atoms with Crippen LogP contribution in [0, 0.1) is 3.57 Å². The lowest BCUT2D eigenvalue weighted by Crippen LogP contribution is -2.39. The van der Waals surface area contributed by atoms with Crippen molar-refractivity contribution >= 4 is 46.6 Å². The van der Waals surface area contributed by atoms with Gasteiger partial charge in [-0.05, 0) is 54.7 Å². The molecule has 19 heavy (non-hydrogen) atoms. The van der Waals surface area contributed by atoms with Gasteiger partial charge in [-0.15, -0.1) is 12.4 Å². The van der Waals surface area contributed by atoms with E-state index in [0.29, 0.717) is 12.6 Å². The van der Waals surface area contributed by atoms with Crippen LogP contribution >= 0.6 is 35.0 Å². The van der Waals surface area contributed by atoms with Gasteiger partial charge in [-0.3, -0.25) is 9.69 Å². The molecule has 1 unspecified atom stereocenters. The molecule has 1 aliphatic heterocycles. The predicted molar refractivity (Wildman–Crippen MR) is 88.9 cm³/mol. The summed E-state index contributed by atoms with van der Waals surface area (Å²) in [7, 11) is 2.01. The molecule has 1 fully saturated rings. The number of carbonyl (C=O) groups is 1. The van der Waals surface area contributed by atoms with E-state index in [4.69, 9.17) is 0 Å². The van der Waals surface area contributed by atoms with Gasteiger partial charge in [-0.2, -0.15) is 0 Å². The average Bonchev–Trinajstić information content (AvgIpc) is 2.85. The van der Waals surface area contributed by atoms with Gasteiger partial charge in [-0.25, -0.2) is 0 Å². The summed E-state index contributed by atoms with van der Waals surface area (Å²) >= 11 is 2.23. The zero-order valence-electron chi connectivity index (χ0n) is 10.9. The monoisotopic (exact) mass is 395 g/mol. The molecule has 0 aromatic heterocycles. The minimum absolute atomic E-state index is 0. The standard InChI is InChI=1S/C13H18IN3O.ClH/c1-17(10-6-7-15-8-10)9-13(18)16-12-5-3-2-4-11(12)14;/h2-5,10,15H,6-9H2,1H3,(H,16,18);1H. The zero-order valence-corrected chi connectivity index (χ0v) is 13.8. The molecular weight excluding hydrogens is 377 g/mol. The summed E-state index contributed by atoms with van der Waals surface area (Å²) in [5.74, 6) is 0.0496. The maximum Gasteiger partial charge on any atom is 0.238 e. The van der Waals surface area contributed by atoms with Crippen molar-refractivity contribution in [3.63, 3.8) is 0 Å². The molecule has 6 heteroatoms. The third-order valence-electron chi connectivity index (χ3n) is 3.20. The summed E-state index contributed by atoms with van der Waals surface area (Å²) in [6.45, 7) is 2.47. The average molecular weight is 396 g/mol. The van der Waals surface area contributed by atoms with E-state index in [1.165, 1.54) is 0 Å². The van der Waals surface area contributed by atoms with Gasteiger partial charge in [0.25, 0.3) is 0 Å². The van der Waals surface area contributed by atoms with E-state index in [9.17, 15) is 4.79 Å². The van der Waals surface area contributed by atoms with Crippen molar-refractivity contribution in [3.05, 3.63) is 27.8 Å². The first-order valence-electron chi connectivity index (χ1n) is 6.12. The quantitative estimate of drug-likeness (QED) is 0.766. The van der Waals surface area contributed by atoms with Crippen LogP contribution in [0.25, 0.3) is 0 Å². The second kappa shape index (κ2) is 8.04. The van der Waals surface area contributed by atoms with Crippen molar-refractivity contribution in [1.82, 2.24) is 10.2 Å². The molecule has 0 aliphatic carbocycles. The molecule has 106 valence electrons. The van der Waals surface area contributed by atoms with E-state index in [2.05, 4.69) is 38.1 Å². The number of halogens is 2. The Kier molecular flexibility index (Phi) is 7.06. The Morgan fingerprint density at radius 3 is 2.89 bits per heavy atom. The van der Waals surface area contributed by atoms with Crippen molar-refractivity contribution in [2.45, 2.75) is 12.5 Å². The van der Waals surface area contributed by atoms with Crippen molar-refractivity contribution in [2.24, 2.45) is 0 Å². The molecule has 0 radical (unpaired) electrons. The third-order valence-corrected chi connectivity index (χ3v) is 4.14. The van der Waals surface area contributed by atoms with Gasteiger partial charge >= 0.3 is 0 Å². The van der Waals surface area contributed by atoms with Gasteiger partial charge in [0.1, 0.15) is 0 Å². The van der Waals surface area contributed by atoms with E-state index >= 15 is 0 Å². The van der Waals surface area contributed by atoms with Crippen LogP contribution in [-0.2, 0) is 4.79 Å². The Labute approximate surface area is 133 Å². The second-order valence-corrected chi connectivity index (χ2v) is 5.75. The first-order chi connectivity index (χ1) is 8.66. The molecule has 0 bridgehead atoms. The summed E-state index contributed by atoms with van der Waals surface area (Å²) in [5, 5.41) is 6.27. The molecule has 1 aromatic rings. The second-order valence-electron chi connectivity index (χ2n) is 4.59. The van der Waals surface area contributed by atoms with Crippen molar-refractivity contribution in [3.8, 4) is 0 Å². The van der Waals surface area contributed by atoms with Crippen LogP contribution in [0.3, 0.4) is 0 Å². The molecule has 0 saturated carbocycles. The van der Waals surface area contributed by atoms with Crippen LogP contribution in [0.5, 0.6) is 0 Å². The smallest absolute Gasteiger partial charge is 0.238 e. The van der Waals surface area contributed by atoms with Gasteiger partial charge in [-0.1, -0.05) is 12.1 Å². The Morgan fingerprint density at radius 1 is 1.53 bits per heavy atom. The number of hydrogen-bond acceptors (Lipinski definition) is 3. The minimum Gasteiger partial charge on any atom is -0.324 e. The molecule has 1 aromatic carbocycles. The number of para-hydroxylation sites is 1. The zero-order chi connectivity index (χ0) is 13.0. The number of nitrogens with one attached hydrogen (secondary N) is 2. The topological polar surface area (TPSA) is 44.4 Å². The van der Waals surface area contributed by atoms with Crippen LogP contribution in [0.15, 0.2) is 24.3 Å². The lowest BCUT2D eigenvalue weighted by Gasteiger charge is -2.22. The number of carbonyl (C=O) groups excluding carboxylic acids is 1. The highest BCUT2D eigenvalue weighted by Crippen LogP contribution is 2.17. The summed E-state index contributed by atoms with van der Waals surface area (Å²) in [6.07, 6.45) is 1.12. The molecule has 0 spiro atoms. The van der Waals surface area contributed by atoms with Crippen molar-refractivity contribution in [1.29, 1.82) is 0 Å². The summed E-state index contributed by atoms with van der Waals surface area (Å²) in [4.78, 5) is 14.1. The lowest BCUT2D eigenvalue weighted by molar-refractivity contribution is -0.117. The number of likely N-dealkylation sites (N-methyl/N-ethyl adjacent to an activating group) is 1. The van der Waals surface area contributed by atoms with Gasteiger partial charge in [0.2, 0.25) is 5.91 Å². The van der Waals surface area contributed by atoms with Crippen LogP contribution < -0.4 is 10.6 Å². The normalized spacial score (nSPS) is 18.2. The number of anilines is 1. The fraction of sp³-hybridized carbons (Fsp3) is 0.462. The number of hydrogen-bond donors (Lipinski definition) is 2. The summed E-state index contributed by atoms with van der Waals surface area (Å²) in [6, 6.07) is 8.29. The summed E-state index contributed by atoms with van der Waals surface area (Å²) < 4.78 is 1.06. The van der Waals surface area contributed by atoms with Gasteiger partial charge in [0.05, 0.1) is 12.2 Å². The fourth-order valence-electron chi connectivity index (χ4n) is 2.12. The predicted octanol–water partition coefficient (Wildman–Crippen LogP) is 1.95. The molecule has 2 rings (SSSR count). The van der Waals surface area contributed by atoms with Crippen molar-refractivity contribution in [2.75, 3.05) is 32.0 Å². The van der Waals surface area contributed by atoms with Crippen LogP contribution in [0.1, 0.15) is 6.42 Å². The minimum atomic E-state index is 0. The molecule has 1 amide bonds. The van der Waals surface area contributed by atoms with Crippen LogP contribution in [0.4, 0.5) is 5.69 Å². The van der Waals surface area contributed by atoms with E-state index in [1.807, 2.05) is 31.3 Å². The molecule has 1 saturated heterocycles. The third kappa shape index (κ3) is 4.91. The maximum atomic E-state index is 12.0. The molecule has 1 heterocycles. The molecular formula is C13H19ClIN3O. The highest BCUT2D eigenvalue weighted by Gasteiger charge is 2.20. The van der Waals surface area contributed by atoms with E-state index in [0.717, 1.165) is 28.8 Å². The van der Waals surface area contributed by atoms with Gasteiger partial charge in [0, 0.05) is 16.2 Å². The van der Waals surface area contributed by atoms with E-state index in [1.54, 1.807) is 0 Å². The highest BCUT2D eigenvalue weighted by atomic mass is 127. The van der Waals surface area contributed by atoms with Crippen LogP contribution in [-0.4, -0.2) is 43.5 Å². The van der Waals surface area contributed by atoms with E-state index < -0.39 is 0 Å².